The average Bonchev–Trinajstić information content (AvgIpc) is 2.50. The van der Waals surface area contributed by atoms with Gasteiger partial charge in [0.05, 0.1) is 0 Å². The van der Waals surface area contributed by atoms with E-state index in [1.807, 2.05) is 19.9 Å². The van der Waals surface area contributed by atoms with Gasteiger partial charge in [0.25, 0.3) is 5.95 Å². The third-order valence-electron chi connectivity index (χ3n) is 1.69. The second-order valence-electron chi connectivity index (χ2n) is 2.98. The first-order valence-electron chi connectivity index (χ1n) is 4.11. The molecule has 72 valence electrons. The first-order chi connectivity index (χ1) is 6.65. The van der Waals surface area contributed by atoms with Gasteiger partial charge in [-0.25, -0.2) is 24.5 Å². The van der Waals surface area contributed by atoms with Crippen molar-refractivity contribution >= 4 is 0 Å². The lowest BCUT2D eigenvalue weighted by Crippen LogP contribution is -2.08. The molecule has 0 unspecified atom stereocenters. The minimum absolute atomic E-state index is 0.409. The molecule has 0 aliphatic carbocycles. The van der Waals surface area contributed by atoms with Crippen molar-refractivity contribution in [2.24, 2.45) is 0 Å². The van der Waals surface area contributed by atoms with Crippen LogP contribution in [0, 0.1) is 13.8 Å². The number of hydrogen-bond acceptors (Lipinski definition) is 4. The van der Waals surface area contributed by atoms with E-state index < -0.39 is 5.69 Å². The van der Waals surface area contributed by atoms with Crippen molar-refractivity contribution in [3.63, 3.8) is 0 Å². The Bertz CT molecular complexity index is 492. The van der Waals surface area contributed by atoms with Crippen LogP contribution in [-0.4, -0.2) is 24.7 Å². The van der Waals surface area contributed by atoms with E-state index in [0.717, 1.165) is 11.4 Å². The van der Waals surface area contributed by atoms with Crippen LogP contribution < -0.4 is 5.69 Å². The first-order valence-corrected chi connectivity index (χ1v) is 4.11. The Morgan fingerprint density at radius 1 is 1.29 bits per heavy atom. The third kappa shape index (κ3) is 1.54. The highest BCUT2D eigenvalue weighted by Crippen LogP contribution is 2.01. The molecule has 0 atom stereocenters. The van der Waals surface area contributed by atoms with E-state index >= 15 is 0 Å². The van der Waals surface area contributed by atoms with Crippen molar-refractivity contribution < 1.29 is 0 Å². The van der Waals surface area contributed by atoms with Gasteiger partial charge in [-0.15, -0.1) is 0 Å². The van der Waals surface area contributed by atoms with Gasteiger partial charge in [-0.1, -0.05) is 0 Å². The van der Waals surface area contributed by atoms with Crippen LogP contribution >= 0.6 is 0 Å². The lowest BCUT2D eigenvalue weighted by Gasteiger charge is -2.01. The van der Waals surface area contributed by atoms with Crippen LogP contribution in [0.1, 0.15) is 11.4 Å². The Morgan fingerprint density at radius 2 is 1.93 bits per heavy atom. The summed E-state index contributed by atoms with van der Waals surface area (Å²) < 4.78 is 1.39. The molecule has 14 heavy (non-hydrogen) atoms. The standard InChI is InChI=1S/C8H9N5O/c1-5-3-6(2)11-7(10-5)13-4-9-8(14)12-13/h3-4H,1-2H3,(H,12,14). The number of aromatic amines is 1. The van der Waals surface area contributed by atoms with Gasteiger partial charge in [0.2, 0.25) is 0 Å². The molecule has 0 aliphatic rings. The SMILES string of the molecule is Cc1cc(C)nc(-n2cnc(=O)[nH]2)n1. The summed E-state index contributed by atoms with van der Waals surface area (Å²) in [6, 6.07) is 1.86. The zero-order valence-corrected chi connectivity index (χ0v) is 7.85. The van der Waals surface area contributed by atoms with Crippen molar-refractivity contribution in [2.75, 3.05) is 0 Å². The van der Waals surface area contributed by atoms with E-state index in [1.165, 1.54) is 11.0 Å². The van der Waals surface area contributed by atoms with Crippen LogP contribution in [-0.2, 0) is 0 Å². The Morgan fingerprint density at radius 3 is 2.43 bits per heavy atom. The molecule has 2 aromatic heterocycles. The van der Waals surface area contributed by atoms with Gasteiger partial charge in [-0.05, 0) is 19.9 Å². The molecule has 0 spiro atoms. The van der Waals surface area contributed by atoms with E-state index in [-0.39, 0.29) is 0 Å². The topological polar surface area (TPSA) is 76.5 Å². The van der Waals surface area contributed by atoms with E-state index in [0.29, 0.717) is 5.95 Å². The molecule has 2 aromatic rings. The molecule has 1 N–H and O–H groups in total. The Balaban J connectivity index is 2.56. The Kier molecular flexibility index (Phi) is 1.88. The zero-order valence-electron chi connectivity index (χ0n) is 7.85. The summed E-state index contributed by atoms with van der Waals surface area (Å²) in [4.78, 5) is 22.6. The van der Waals surface area contributed by atoms with E-state index in [4.69, 9.17) is 0 Å². The normalized spacial score (nSPS) is 10.4. The number of hydrogen-bond donors (Lipinski definition) is 1. The smallest absolute Gasteiger partial charge is 0.244 e. The molecule has 0 amide bonds. The molecule has 0 radical (unpaired) electrons. The predicted octanol–water partition coefficient (Wildman–Crippen LogP) is -0.0326. The fourth-order valence-electron chi connectivity index (χ4n) is 1.19. The molecule has 0 aromatic carbocycles. The monoisotopic (exact) mass is 191 g/mol. The minimum Gasteiger partial charge on any atom is -0.244 e. The summed E-state index contributed by atoms with van der Waals surface area (Å²) in [6.07, 6.45) is 1.36. The molecule has 6 heteroatoms. The summed E-state index contributed by atoms with van der Waals surface area (Å²) in [5, 5.41) is 2.47. The van der Waals surface area contributed by atoms with Crippen molar-refractivity contribution in [1.29, 1.82) is 0 Å². The lowest BCUT2D eigenvalue weighted by atomic mass is 10.4. The molecule has 0 saturated carbocycles. The van der Waals surface area contributed by atoms with Gasteiger partial charge >= 0.3 is 5.69 Å². The van der Waals surface area contributed by atoms with Crippen molar-refractivity contribution in [3.05, 3.63) is 34.3 Å². The van der Waals surface area contributed by atoms with E-state index in [9.17, 15) is 4.79 Å². The minimum atomic E-state index is -0.409. The highest BCUT2D eigenvalue weighted by Gasteiger charge is 2.02. The van der Waals surface area contributed by atoms with Gasteiger partial charge < -0.3 is 0 Å². The van der Waals surface area contributed by atoms with Crippen LogP contribution in [0.3, 0.4) is 0 Å². The molecule has 2 rings (SSSR count). The molecular weight excluding hydrogens is 182 g/mol. The molecule has 0 bridgehead atoms. The Hall–Kier alpha value is -1.98. The average molecular weight is 191 g/mol. The maximum absolute atomic E-state index is 10.8. The van der Waals surface area contributed by atoms with Crippen LogP contribution in [0.15, 0.2) is 17.2 Å². The molecular formula is C8H9N5O. The maximum atomic E-state index is 10.8. The largest absolute Gasteiger partial charge is 0.361 e. The van der Waals surface area contributed by atoms with Crippen LogP contribution in [0.25, 0.3) is 5.95 Å². The van der Waals surface area contributed by atoms with Crippen molar-refractivity contribution in [2.45, 2.75) is 13.8 Å². The number of rotatable bonds is 1. The fourth-order valence-corrected chi connectivity index (χ4v) is 1.19. The summed E-state index contributed by atoms with van der Waals surface area (Å²) in [5.41, 5.74) is 1.29. The molecule has 6 nitrogen and oxygen atoms in total. The second-order valence-corrected chi connectivity index (χ2v) is 2.98. The number of aromatic nitrogens is 5. The third-order valence-corrected chi connectivity index (χ3v) is 1.69. The summed E-state index contributed by atoms with van der Waals surface area (Å²) in [5.74, 6) is 0.428. The summed E-state index contributed by atoms with van der Waals surface area (Å²) in [6.45, 7) is 3.74. The highest BCUT2D eigenvalue weighted by atomic mass is 16.1. The van der Waals surface area contributed by atoms with Crippen LogP contribution in [0.5, 0.6) is 0 Å². The zero-order chi connectivity index (χ0) is 10.1. The number of H-pyrrole nitrogens is 1. The predicted molar refractivity (Wildman–Crippen MR) is 49.2 cm³/mol. The van der Waals surface area contributed by atoms with E-state index in [2.05, 4.69) is 20.1 Å². The maximum Gasteiger partial charge on any atom is 0.361 e. The van der Waals surface area contributed by atoms with Crippen LogP contribution in [0.2, 0.25) is 0 Å². The van der Waals surface area contributed by atoms with Crippen molar-refractivity contribution in [1.82, 2.24) is 24.7 Å². The van der Waals surface area contributed by atoms with Crippen LogP contribution in [0.4, 0.5) is 0 Å². The quantitative estimate of drug-likeness (QED) is 0.686. The van der Waals surface area contributed by atoms with Gasteiger partial charge in [-0.3, -0.25) is 0 Å². The molecule has 0 aliphatic heterocycles. The lowest BCUT2D eigenvalue weighted by molar-refractivity contribution is 0.784. The molecule has 2 heterocycles. The Labute approximate surface area is 79.6 Å². The van der Waals surface area contributed by atoms with Gasteiger partial charge in [0.15, 0.2) is 0 Å². The van der Waals surface area contributed by atoms with Gasteiger partial charge in [-0.2, -0.15) is 4.98 Å². The second kappa shape index (κ2) is 3.06. The molecule has 0 fully saturated rings. The summed E-state index contributed by atoms with van der Waals surface area (Å²) >= 11 is 0. The van der Waals surface area contributed by atoms with Crippen molar-refractivity contribution in [3.8, 4) is 5.95 Å². The number of nitrogens with zero attached hydrogens (tertiary/aromatic N) is 4. The first kappa shape index (κ1) is 8.61. The summed E-state index contributed by atoms with van der Waals surface area (Å²) in [7, 11) is 0. The van der Waals surface area contributed by atoms with E-state index in [1.54, 1.807) is 0 Å². The van der Waals surface area contributed by atoms with Gasteiger partial charge in [0, 0.05) is 11.4 Å². The van der Waals surface area contributed by atoms with Gasteiger partial charge in [0.1, 0.15) is 6.33 Å². The molecule has 0 saturated heterocycles. The highest BCUT2D eigenvalue weighted by molar-refractivity contribution is 5.16. The fraction of sp³-hybridized carbons (Fsp3) is 0.250. The number of aryl methyl sites for hydroxylation is 2. The number of nitrogens with one attached hydrogen (secondary N) is 1.